The summed E-state index contributed by atoms with van der Waals surface area (Å²) in [6, 6.07) is 10.3. The standard InChI is InChI=1S/C21H27FN4O/c1-16(18-3-5-19(22)6-4-18)13-21(27)24-15-17-7-8-23-20(14-17)26-11-9-25(2)10-12-26/h3-8,14,16H,9-13,15H2,1-2H3,(H,24,27). The van der Waals surface area contributed by atoms with Gasteiger partial charge in [0.15, 0.2) is 0 Å². The number of rotatable bonds is 6. The predicted molar refractivity (Wildman–Crippen MR) is 105 cm³/mol. The van der Waals surface area contributed by atoms with Gasteiger partial charge in [-0.15, -0.1) is 0 Å². The molecule has 3 rings (SSSR count). The average Bonchev–Trinajstić information content (AvgIpc) is 2.67. The number of halogens is 1. The fourth-order valence-corrected chi connectivity index (χ4v) is 3.24. The Morgan fingerprint density at radius 1 is 1.19 bits per heavy atom. The summed E-state index contributed by atoms with van der Waals surface area (Å²) < 4.78 is 13.0. The second-order valence-electron chi connectivity index (χ2n) is 7.25. The Balaban J connectivity index is 1.51. The van der Waals surface area contributed by atoms with Crippen molar-refractivity contribution in [2.45, 2.75) is 25.8 Å². The van der Waals surface area contributed by atoms with Crippen LogP contribution in [0, 0.1) is 5.82 Å². The van der Waals surface area contributed by atoms with E-state index in [1.807, 2.05) is 13.0 Å². The summed E-state index contributed by atoms with van der Waals surface area (Å²) >= 11 is 0. The van der Waals surface area contributed by atoms with E-state index in [2.05, 4.69) is 33.2 Å². The molecule has 2 aromatic rings. The maximum absolute atomic E-state index is 13.0. The highest BCUT2D eigenvalue weighted by Crippen LogP contribution is 2.19. The van der Waals surface area contributed by atoms with Crippen LogP contribution in [0.3, 0.4) is 0 Å². The number of hydrogen-bond donors (Lipinski definition) is 1. The number of carbonyl (C=O) groups is 1. The van der Waals surface area contributed by atoms with Gasteiger partial charge in [0.25, 0.3) is 0 Å². The van der Waals surface area contributed by atoms with Gasteiger partial charge < -0.3 is 15.1 Å². The van der Waals surface area contributed by atoms with Gasteiger partial charge in [0.2, 0.25) is 5.91 Å². The fraction of sp³-hybridized carbons (Fsp3) is 0.429. The molecular formula is C21H27FN4O. The quantitative estimate of drug-likeness (QED) is 0.850. The molecule has 1 saturated heterocycles. The topological polar surface area (TPSA) is 48.5 Å². The highest BCUT2D eigenvalue weighted by atomic mass is 19.1. The molecule has 1 fully saturated rings. The Labute approximate surface area is 160 Å². The molecule has 1 aliphatic rings. The summed E-state index contributed by atoms with van der Waals surface area (Å²) in [4.78, 5) is 21.3. The first kappa shape index (κ1) is 19.3. The molecular weight excluding hydrogens is 343 g/mol. The minimum absolute atomic E-state index is 0.00946. The molecule has 1 aromatic heterocycles. The molecule has 0 bridgehead atoms. The van der Waals surface area contributed by atoms with Gasteiger partial charge >= 0.3 is 0 Å². The van der Waals surface area contributed by atoms with Gasteiger partial charge in [0, 0.05) is 45.3 Å². The first-order chi connectivity index (χ1) is 13.0. The third-order valence-corrected chi connectivity index (χ3v) is 5.06. The van der Waals surface area contributed by atoms with Crippen molar-refractivity contribution in [2.75, 3.05) is 38.1 Å². The number of benzene rings is 1. The summed E-state index contributed by atoms with van der Waals surface area (Å²) in [6.45, 7) is 6.46. The summed E-state index contributed by atoms with van der Waals surface area (Å²) in [5, 5.41) is 2.98. The molecule has 0 saturated carbocycles. The van der Waals surface area contributed by atoms with Crippen LogP contribution in [0.5, 0.6) is 0 Å². The number of hydrogen-bond acceptors (Lipinski definition) is 4. The monoisotopic (exact) mass is 370 g/mol. The van der Waals surface area contributed by atoms with E-state index in [-0.39, 0.29) is 17.6 Å². The van der Waals surface area contributed by atoms with E-state index < -0.39 is 0 Å². The van der Waals surface area contributed by atoms with Crippen LogP contribution < -0.4 is 10.2 Å². The van der Waals surface area contributed by atoms with Crippen molar-refractivity contribution in [2.24, 2.45) is 0 Å². The van der Waals surface area contributed by atoms with Gasteiger partial charge in [-0.3, -0.25) is 4.79 Å². The maximum Gasteiger partial charge on any atom is 0.220 e. The molecule has 0 aliphatic carbocycles. The van der Waals surface area contributed by atoms with Crippen LogP contribution in [0.1, 0.15) is 30.4 Å². The molecule has 1 amide bonds. The van der Waals surface area contributed by atoms with E-state index in [0.717, 1.165) is 43.1 Å². The Morgan fingerprint density at radius 3 is 2.59 bits per heavy atom. The van der Waals surface area contributed by atoms with Crippen molar-refractivity contribution in [3.8, 4) is 0 Å². The number of piperazine rings is 1. The molecule has 1 aromatic carbocycles. The summed E-state index contributed by atoms with van der Waals surface area (Å²) in [5.41, 5.74) is 2.01. The van der Waals surface area contributed by atoms with Crippen LogP contribution >= 0.6 is 0 Å². The van der Waals surface area contributed by atoms with Crippen LogP contribution in [0.2, 0.25) is 0 Å². The maximum atomic E-state index is 13.0. The molecule has 27 heavy (non-hydrogen) atoms. The molecule has 1 N–H and O–H groups in total. The number of carbonyl (C=O) groups excluding carboxylic acids is 1. The van der Waals surface area contributed by atoms with Crippen LogP contribution in [-0.4, -0.2) is 49.0 Å². The number of likely N-dealkylation sites (N-methyl/N-ethyl adjacent to an activating group) is 1. The number of nitrogens with zero attached hydrogens (tertiary/aromatic N) is 3. The number of aromatic nitrogens is 1. The molecule has 1 atom stereocenters. The second kappa shape index (κ2) is 8.95. The third-order valence-electron chi connectivity index (χ3n) is 5.06. The third kappa shape index (κ3) is 5.50. The molecule has 1 aliphatic heterocycles. The summed E-state index contributed by atoms with van der Waals surface area (Å²) in [5.74, 6) is 0.743. The van der Waals surface area contributed by atoms with Crippen LogP contribution in [0.25, 0.3) is 0 Å². The van der Waals surface area contributed by atoms with Crippen molar-refractivity contribution in [3.63, 3.8) is 0 Å². The number of pyridine rings is 1. The van der Waals surface area contributed by atoms with Gasteiger partial charge in [-0.25, -0.2) is 9.37 Å². The average molecular weight is 370 g/mol. The lowest BCUT2D eigenvalue weighted by Crippen LogP contribution is -2.44. The Morgan fingerprint density at radius 2 is 1.89 bits per heavy atom. The van der Waals surface area contributed by atoms with E-state index in [4.69, 9.17) is 0 Å². The smallest absolute Gasteiger partial charge is 0.220 e. The van der Waals surface area contributed by atoms with E-state index in [0.29, 0.717) is 13.0 Å². The minimum Gasteiger partial charge on any atom is -0.354 e. The van der Waals surface area contributed by atoms with Crippen LogP contribution in [-0.2, 0) is 11.3 Å². The number of nitrogens with one attached hydrogen (secondary N) is 1. The highest BCUT2D eigenvalue weighted by molar-refractivity contribution is 5.76. The molecule has 0 radical (unpaired) electrons. The van der Waals surface area contributed by atoms with Gasteiger partial charge in [-0.2, -0.15) is 0 Å². The molecule has 5 nitrogen and oxygen atoms in total. The second-order valence-corrected chi connectivity index (χ2v) is 7.25. The minimum atomic E-state index is -0.260. The lowest BCUT2D eigenvalue weighted by molar-refractivity contribution is -0.121. The Hall–Kier alpha value is -2.47. The molecule has 6 heteroatoms. The zero-order valence-corrected chi connectivity index (χ0v) is 16.0. The van der Waals surface area contributed by atoms with Gasteiger partial charge in [-0.05, 0) is 48.4 Å². The van der Waals surface area contributed by atoms with Gasteiger partial charge in [-0.1, -0.05) is 19.1 Å². The first-order valence-corrected chi connectivity index (χ1v) is 9.42. The van der Waals surface area contributed by atoms with Crippen molar-refractivity contribution < 1.29 is 9.18 Å². The van der Waals surface area contributed by atoms with E-state index >= 15 is 0 Å². The molecule has 1 unspecified atom stereocenters. The zero-order valence-electron chi connectivity index (χ0n) is 16.0. The van der Waals surface area contributed by atoms with Gasteiger partial charge in [0.05, 0.1) is 0 Å². The first-order valence-electron chi connectivity index (χ1n) is 9.42. The summed E-state index contributed by atoms with van der Waals surface area (Å²) in [6.07, 6.45) is 2.18. The van der Waals surface area contributed by atoms with Crippen molar-refractivity contribution in [1.82, 2.24) is 15.2 Å². The summed E-state index contributed by atoms with van der Waals surface area (Å²) in [7, 11) is 2.13. The number of anilines is 1. The van der Waals surface area contributed by atoms with Crippen molar-refractivity contribution >= 4 is 11.7 Å². The normalized spacial score (nSPS) is 16.2. The van der Waals surface area contributed by atoms with Gasteiger partial charge in [0.1, 0.15) is 11.6 Å². The fourth-order valence-electron chi connectivity index (χ4n) is 3.24. The van der Waals surface area contributed by atoms with Crippen LogP contribution in [0.15, 0.2) is 42.6 Å². The van der Waals surface area contributed by atoms with Crippen LogP contribution in [0.4, 0.5) is 10.2 Å². The lowest BCUT2D eigenvalue weighted by Gasteiger charge is -2.33. The van der Waals surface area contributed by atoms with Crippen molar-refractivity contribution in [3.05, 3.63) is 59.5 Å². The lowest BCUT2D eigenvalue weighted by atomic mass is 9.97. The zero-order chi connectivity index (χ0) is 19.2. The largest absolute Gasteiger partial charge is 0.354 e. The Kier molecular flexibility index (Phi) is 6.40. The van der Waals surface area contributed by atoms with Crippen molar-refractivity contribution in [1.29, 1.82) is 0 Å². The SMILES string of the molecule is CC(CC(=O)NCc1ccnc(N2CCN(C)CC2)c1)c1ccc(F)cc1. The molecule has 0 spiro atoms. The highest BCUT2D eigenvalue weighted by Gasteiger charge is 2.16. The molecule has 144 valence electrons. The molecule has 2 heterocycles. The number of amides is 1. The Bertz CT molecular complexity index is 757. The van der Waals surface area contributed by atoms with E-state index in [1.54, 1.807) is 18.3 Å². The predicted octanol–water partition coefficient (Wildman–Crippen LogP) is 2.78. The van der Waals surface area contributed by atoms with E-state index in [1.165, 1.54) is 12.1 Å². The van der Waals surface area contributed by atoms with E-state index in [9.17, 15) is 9.18 Å².